The highest BCUT2D eigenvalue weighted by Crippen LogP contribution is 2.21. The topological polar surface area (TPSA) is 65.8 Å². The average Bonchev–Trinajstić information content (AvgIpc) is 2.26. The number of nitrogens with zero attached hydrogens (tertiary/aromatic N) is 3. The van der Waals surface area contributed by atoms with Crippen LogP contribution in [0.15, 0.2) is 29.4 Å². The van der Waals surface area contributed by atoms with Crippen LogP contribution < -0.4 is 0 Å². The lowest BCUT2D eigenvalue weighted by Crippen LogP contribution is -1.95. The molecule has 0 radical (unpaired) electrons. The second-order valence-electron chi connectivity index (χ2n) is 3.31. The molecule has 1 atom stereocenters. The molecule has 0 aliphatic rings. The Balaban J connectivity index is 2.96. The summed E-state index contributed by atoms with van der Waals surface area (Å²) < 4.78 is 0. The van der Waals surface area contributed by atoms with Gasteiger partial charge in [-0.3, -0.25) is 4.79 Å². The molecule has 4 heteroatoms. The van der Waals surface area contributed by atoms with Crippen molar-refractivity contribution in [2.45, 2.75) is 26.3 Å². The molecule has 1 unspecified atom stereocenters. The van der Waals surface area contributed by atoms with Gasteiger partial charge < -0.3 is 0 Å². The van der Waals surface area contributed by atoms with Gasteiger partial charge in [-0.2, -0.15) is 0 Å². The molecule has 1 rings (SSSR count). The minimum Gasteiger partial charge on any atom is -0.295 e. The van der Waals surface area contributed by atoms with E-state index < -0.39 is 0 Å². The summed E-state index contributed by atoms with van der Waals surface area (Å²) in [7, 11) is 0. The van der Waals surface area contributed by atoms with E-state index in [2.05, 4.69) is 10.0 Å². The third-order valence-corrected chi connectivity index (χ3v) is 2.28. The van der Waals surface area contributed by atoms with Gasteiger partial charge in [0.1, 0.15) is 0 Å². The molecule has 0 aliphatic carbocycles. The van der Waals surface area contributed by atoms with Gasteiger partial charge in [-0.1, -0.05) is 36.3 Å². The van der Waals surface area contributed by atoms with Gasteiger partial charge in [0, 0.05) is 10.5 Å². The van der Waals surface area contributed by atoms with Gasteiger partial charge >= 0.3 is 0 Å². The number of benzene rings is 1. The predicted molar refractivity (Wildman–Crippen MR) is 58.6 cm³/mol. The standard InChI is InChI=1S/C11H13N3O/c1-3-11(13-14-12)10-6-4-9(5-7-10)8(2)15/h4-7,11H,3H2,1-2H3. The summed E-state index contributed by atoms with van der Waals surface area (Å²) in [4.78, 5) is 13.8. The molecule has 0 aliphatic heterocycles. The van der Waals surface area contributed by atoms with Crippen LogP contribution in [-0.2, 0) is 0 Å². The van der Waals surface area contributed by atoms with Crippen molar-refractivity contribution in [3.63, 3.8) is 0 Å². The summed E-state index contributed by atoms with van der Waals surface area (Å²) in [5.41, 5.74) is 10.00. The molecule has 78 valence electrons. The van der Waals surface area contributed by atoms with E-state index in [1.165, 1.54) is 6.92 Å². The number of Topliss-reactive ketones (excluding diaryl/α,β-unsaturated/α-hetero) is 1. The Morgan fingerprint density at radius 3 is 2.47 bits per heavy atom. The average molecular weight is 203 g/mol. The van der Waals surface area contributed by atoms with Crippen LogP contribution in [0.3, 0.4) is 0 Å². The van der Waals surface area contributed by atoms with Gasteiger partial charge in [0.15, 0.2) is 5.78 Å². The van der Waals surface area contributed by atoms with Crippen LogP contribution in [0.5, 0.6) is 0 Å². The molecule has 1 aromatic carbocycles. The van der Waals surface area contributed by atoms with Crippen LogP contribution in [0.4, 0.5) is 0 Å². The summed E-state index contributed by atoms with van der Waals surface area (Å²) in [5.74, 6) is 0.0402. The van der Waals surface area contributed by atoms with Gasteiger partial charge in [0.05, 0.1) is 6.04 Å². The van der Waals surface area contributed by atoms with E-state index in [0.717, 1.165) is 12.0 Å². The SMILES string of the molecule is CCC(N=[N+]=[N-])c1ccc(C(C)=O)cc1. The van der Waals surface area contributed by atoms with Gasteiger partial charge in [-0.15, -0.1) is 0 Å². The predicted octanol–water partition coefficient (Wildman–Crippen LogP) is 3.65. The zero-order chi connectivity index (χ0) is 11.3. The summed E-state index contributed by atoms with van der Waals surface area (Å²) in [6.07, 6.45) is 0.753. The first-order valence-corrected chi connectivity index (χ1v) is 4.84. The van der Waals surface area contributed by atoms with Gasteiger partial charge in [0.2, 0.25) is 0 Å². The Bertz CT molecular complexity index is 391. The van der Waals surface area contributed by atoms with Crippen LogP contribution in [0.2, 0.25) is 0 Å². The van der Waals surface area contributed by atoms with E-state index in [9.17, 15) is 4.79 Å². The maximum absolute atomic E-state index is 11.0. The van der Waals surface area contributed by atoms with Crippen LogP contribution in [0.25, 0.3) is 10.4 Å². The quantitative estimate of drug-likeness (QED) is 0.319. The number of hydrogen-bond donors (Lipinski definition) is 0. The Labute approximate surface area is 88.6 Å². The first kappa shape index (κ1) is 11.3. The van der Waals surface area contributed by atoms with Crippen molar-refractivity contribution in [1.29, 1.82) is 0 Å². The molecule has 15 heavy (non-hydrogen) atoms. The van der Waals surface area contributed by atoms with Crippen LogP contribution in [-0.4, -0.2) is 5.78 Å². The lowest BCUT2D eigenvalue weighted by atomic mass is 10.0. The fraction of sp³-hybridized carbons (Fsp3) is 0.364. The van der Waals surface area contributed by atoms with Gasteiger partial charge in [-0.25, -0.2) is 0 Å². The maximum atomic E-state index is 11.0. The summed E-state index contributed by atoms with van der Waals surface area (Å²) >= 11 is 0. The first-order chi connectivity index (χ1) is 7.19. The largest absolute Gasteiger partial charge is 0.295 e. The molecule has 0 saturated carbocycles. The molecule has 0 bridgehead atoms. The van der Waals surface area contributed by atoms with Gasteiger partial charge in [0.25, 0.3) is 0 Å². The molecular weight excluding hydrogens is 190 g/mol. The third kappa shape index (κ3) is 2.82. The molecule has 0 N–H and O–H groups in total. The van der Waals surface area contributed by atoms with Gasteiger partial charge in [-0.05, 0) is 24.4 Å². The number of hydrogen-bond acceptors (Lipinski definition) is 2. The molecule has 0 heterocycles. The number of rotatable bonds is 4. The van der Waals surface area contributed by atoms with Crippen molar-refractivity contribution < 1.29 is 4.79 Å². The molecule has 1 aromatic rings. The van der Waals surface area contributed by atoms with E-state index >= 15 is 0 Å². The van der Waals surface area contributed by atoms with Crippen LogP contribution in [0.1, 0.15) is 42.2 Å². The molecule has 4 nitrogen and oxygen atoms in total. The highest BCUT2D eigenvalue weighted by Gasteiger charge is 2.07. The van der Waals surface area contributed by atoms with E-state index in [-0.39, 0.29) is 11.8 Å². The molecular formula is C11H13N3O. The summed E-state index contributed by atoms with van der Waals surface area (Å²) in [5, 5.41) is 3.68. The number of carbonyl (C=O) groups is 1. The van der Waals surface area contributed by atoms with Crippen molar-refractivity contribution in [1.82, 2.24) is 0 Å². The molecule has 0 spiro atoms. The van der Waals surface area contributed by atoms with Crippen molar-refractivity contribution >= 4 is 5.78 Å². The Morgan fingerprint density at radius 2 is 2.07 bits per heavy atom. The summed E-state index contributed by atoms with van der Waals surface area (Å²) in [6.45, 7) is 3.48. The Kier molecular flexibility index (Phi) is 3.89. The van der Waals surface area contributed by atoms with E-state index in [1.54, 1.807) is 12.1 Å². The number of azide groups is 1. The number of carbonyl (C=O) groups excluding carboxylic acids is 1. The van der Waals surface area contributed by atoms with Crippen molar-refractivity contribution in [2.24, 2.45) is 5.11 Å². The Hall–Kier alpha value is -1.80. The van der Waals surface area contributed by atoms with Crippen LogP contribution >= 0.6 is 0 Å². The van der Waals surface area contributed by atoms with E-state index in [4.69, 9.17) is 5.53 Å². The lowest BCUT2D eigenvalue weighted by Gasteiger charge is -2.08. The van der Waals surface area contributed by atoms with Crippen molar-refractivity contribution in [3.8, 4) is 0 Å². The maximum Gasteiger partial charge on any atom is 0.159 e. The number of ketones is 1. The Morgan fingerprint density at radius 1 is 1.47 bits per heavy atom. The van der Waals surface area contributed by atoms with E-state index in [1.807, 2.05) is 19.1 Å². The van der Waals surface area contributed by atoms with E-state index in [0.29, 0.717) is 5.56 Å². The second-order valence-corrected chi connectivity index (χ2v) is 3.31. The monoisotopic (exact) mass is 203 g/mol. The van der Waals surface area contributed by atoms with Crippen molar-refractivity contribution in [3.05, 3.63) is 45.8 Å². The fourth-order valence-electron chi connectivity index (χ4n) is 1.39. The van der Waals surface area contributed by atoms with Crippen LogP contribution in [0, 0.1) is 0 Å². The lowest BCUT2D eigenvalue weighted by molar-refractivity contribution is 0.101. The molecule has 0 fully saturated rings. The zero-order valence-corrected chi connectivity index (χ0v) is 8.84. The molecule has 0 amide bonds. The second kappa shape index (κ2) is 5.17. The highest BCUT2D eigenvalue weighted by atomic mass is 16.1. The summed E-state index contributed by atoms with van der Waals surface area (Å²) in [6, 6.07) is 7.04. The highest BCUT2D eigenvalue weighted by molar-refractivity contribution is 5.94. The normalized spacial score (nSPS) is 11.6. The fourth-order valence-corrected chi connectivity index (χ4v) is 1.39. The van der Waals surface area contributed by atoms with Crippen molar-refractivity contribution in [2.75, 3.05) is 0 Å². The first-order valence-electron chi connectivity index (χ1n) is 4.84. The minimum absolute atomic E-state index is 0.0402. The zero-order valence-electron chi connectivity index (χ0n) is 8.84. The minimum atomic E-state index is -0.143. The molecule has 0 saturated heterocycles. The molecule has 0 aromatic heterocycles. The smallest absolute Gasteiger partial charge is 0.159 e. The third-order valence-electron chi connectivity index (χ3n) is 2.28.